The van der Waals surface area contributed by atoms with Gasteiger partial charge in [0.25, 0.3) is 11.5 Å². The molecule has 0 aliphatic rings. The smallest absolute Gasteiger partial charge is 0.282 e. The number of nitrogens with one attached hydrogen (secondary N) is 1. The number of amides is 1. The van der Waals surface area contributed by atoms with Gasteiger partial charge in [0.1, 0.15) is 5.82 Å². The molecule has 1 amide bonds. The van der Waals surface area contributed by atoms with Crippen molar-refractivity contribution in [3.8, 4) is 11.5 Å². The third-order valence-corrected chi connectivity index (χ3v) is 6.17. The highest BCUT2D eigenvalue weighted by Gasteiger charge is 2.14. The van der Waals surface area contributed by atoms with Crippen LogP contribution in [0.2, 0.25) is 5.02 Å². The molecule has 0 saturated carbocycles. The van der Waals surface area contributed by atoms with Crippen LogP contribution in [0.15, 0.2) is 75.0 Å². The second-order valence-electron chi connectivity index (χ2n) is 8.63. The average molecular weight is 598 g/mol. The summed E-state index contributed by atoms with van der Waals surface area (Å²) in [6.07, 6.45) is 1.57. The largest absolute Gasteiger partial charge is 0.490 e. The maximum atomic E-state index is 13.2. The number of carbonyl (C=O) groups excluding carboxylic acids is 1. The molecule has 1 heterocycles. The summed E-state index contributed by atoms with van der Waals surface area (Å²) >= 11 is 9.30. The van der Waals surface area contributed by atoms with E-state index in [2.05, 4.69) is 31.3 Å². The summed E-state index contributed by atoms with van der Waals surface area (Å²) in [5.74, 6) is 1.07. The van der Waals surface area contributed by atoms with E-state index >= 15 is 0 Å². The number of ether oxygens (including phenoxy) is 2. The van der Waals surface area contributed by atoms with Crippen LogP contribution in [0.4, 0.5) is 5.69 Å². The number of carbonyl (C=O) groups is 1. The highest BCUT2D eigenvalue weighted by atomic mass is 79.9. The first kappa shape index (κ1) is 27.3. The fourth-order valence-corrected chi connectivity index (χ4v) is 4.13. The number of hydrogen-bond donors (Lipinski definition) is 1. The Morgan fingerprint density at radius 1 is 1.11 bits per heavy atom. The third-order valence-electron chi connectivity index (χ3n) is 5.43. The lowest BCUT2D eigenvalue weighted by Crippen LogP contribution is -2.23. The van der Waals surface area contributed by atoms with Gasteiger partial charge in [-0.15, -0.1) is 0 Å². The summed E-state index contributed by atoms with van der Waals surface area (Å²) < 4.78 is 13.6. The van der Waals surface area contributed by atoms with E-state index in [9.17, 15) is 9.59 Å². The second kappa shape index (κ2) is 12.2. The zero-order valence-electron chi connectivity index (χ0n) is 21.1. The monoisotopic (exact) mass is 596 g/mol. The molecule has 0 unspecified atom stereocenters. The topological polar surface area (TPSA) is 94.8 Å². The number of hydrogen-bond acceptors (Lipinski definition) is 6. The molecule has 0 saturated heterocycles. The molecule has 196 valence electrons. The third kappa shape index (κ3) is 6.59. The van der Waals surface area contributed by atoms with E-state index in [4.69, 9.17) is 21.1 Å². The van der Waals surface area contributed by atoms with Crippen molar-refractivity contribution in [3.63, 3.8) is 0 Å². The van der Waals surface area contributed by atoms with Gasteiger partial charge in [-0.2, -0.15) is 9.78 Å². The summed E-state index contributed by atoms with van der Waals surface area (Å²) in [5, 5.41) is 8.27. The lowest BCUT2D eigenvalue weighted by Gasteiger charge is -2.13. The minimum Gasteiger partial charge on any atom is -0.490 e. The quantitative estimate of drug-likeness (QED) is 0.231. The number of halogens is 2. The van der Waals surface area contributed by atoms with Gasteiger partial charge in [0.15, 0.2) is 18.1 Å². The van der Waals surface area contributed by atoms with Gasteiger partial charge in [0.2, 0.25) is 0 Å². The van der Waals surface area contributed by atoms with E-state index in [0.717, 1.165) is 4.47 Å². The average Bonchev–Trinajstić information content (AvgIpc) is 2.89. The van der Waals surface area contributed by atoms with Crippen molar-refractivity contribution in [3.05, 3.63) is 91.9 Å². The van der Waals surface area contributed by atoms with Crippen LogP contribution < -0.4 is 20.3 Å². The first-order valence-electron chi connectivity index (χ1n) is 12.0. The Balaban J connectivity index is 1.56. The van der Waals surface area contributed by atoms with Gasteiger partial charge in [-0.25, -0.2) is 4.98 Å². The number of nitrogens with zero attached hydrogens (tertiary/aromatic N) is 3. The van der Waals surface area contributed by atoms with Crippen LogP contribution in [-0.4, -0.2) is 35.0 Å². The van der Waals surface area contributed by atoms with Gasteiger partial charge in [-0.1, -0.05) is 41.4 Å². The molecular formula is C28H26BrClN4O4. The molecule has 0 radical (unpaired) electrons. The molecule has 4 aromatic rings. The zero-order chi connectivity index (χ0) is 27.2. The fraction of sp³-hybridized carbons (Fsp3) is 0.214. The SMILES string of the molecule is CCOc1cc(C=Nn2c(C(C)C)nc3ccc(Br)cc3c2=O)ccc1OCC(=O)Nc1ccc(Cl)cc1. The standard InChI is InChI=1S/C28H26BrClN4O4/c1-4-37-25-13-18(5-12-24(25)38-16-26(35)32-21-9-7-20(30)8-10-21)15-31-34-27(17(2)3)33-23-11-6-19(29)14-22(23)28(34)36/h5-15,17H,4,16H2,1-3H3,(H,32,35). The molecule has 0 aliphatic heterocycles. The van der Waals surface area contributed by atoms with Gasteiger partial charge in [-0.3, -0.25) is 9.59 Å². The highest BCUT2D eigenvalue weighted by Crippen LogP contribution is 2.28. The molecule has 0 fully saturated rings. The molecule has 8 nitrogen and oxygen atoms in total. The van der Waals surface area contributed by atoms with E-state index in [1.165, 1.54) is 4.68 Å². The molecule has 3 aromatic carbocycles. The van der Waals surface area contributed by atoms with Crippen molar-refractivity contribution in [2.45, 2.75) is 26.7 Å². The molecule has 1 aromatic heterocycles. The predicted molar refractivity (Wildman–Crippen MR) is 154 cm³/mol. The van der Waals surface area contributed by atoms with Crippen molar-refractivity contribution in [2.75, 3.05) is 18.5 Å². The van der Waals surface area contributed by atoms with E-state index in [1.54, 1.807) is 54.7 Å². The van der Waals surface area contributed by atoms with Crippen molar-refractivity contribution < 1.29 is 14.3 Å². The summed E-state index contributed by atoms with van der Waals surface area (Å²) in [6.45, 7) is 5.96. The van der Waals surface area contributed by atoms with E-state index < -0.39 is 0 Å². The summed E-state index contributed by atoms with van der Waals surface area (Å²) in [6, 6.07) is 17.4. The van der Waals surface area contributed by atoms with Gasteiger partial charge in [-0.05, 0) is 73.2 Å². The predicted octanol–water partition coefficient (Wildman–Crippen LogP) is 6.23. The van der Waals surface area contributed by atoms with E-state index in [0.29, 0.717) is 51.1 Å². The summed E-state index contributed by atoms with van der Waals surface area (Å²) in [5.41, 5.74) is 1.66. The first-order chi connectivity index (χ1) is 18.2. The first-order valence-corrected chi connectivity index (χ1v) is 13.1. The number of rotatable bonds is 9. The Bertz CT molecular complexity index is 1550. The lowest BCUT2D eigenvalue weighted by atomic mass is 10.2. The van der Waals surface area contributed by atoms with Crippen LogP contribution in [0.3, 0.4) is 0 Å². The normalized spacial score (nSPS) is 11.3. The zero-order valence-corrected chi connectivity index (χ0v) is 23.4. The molecular weight excluding hydrogens is 572 g/mol. The molecule has 0 atom stereocenters. The van der Waals surface area contributed by atoms with Gasteiger partial charge < -0.3 is 14.8 Å². The van der Waals surface area contributed by atoms with Crippen LogP contribution in [0.25, 0.3) is 10.9 Å². The Hall–Kier alpha value is -3.69. The van der Waals surface area contributed by atoms with Crippen molar-refractivity contribution in [1.29, 1.82) is 0 Å². The maximum absolute atomic E-state index is 13.2. The Kier molecular flexibility index (Phi) is 8.81. The maximum Gasteiger partial charge on any atom is 0.282 e. The van der Waals surface area contributed by atoms with Crippen molar-refractivity contribution >= 4 is 56.2 Å². The minimum atomic E-state index is -0.323. The lowest BCUT2D eigenvalue weighted by molar-refractivity contribution is -0.118. The summed E-state index contributed by atoms with van der Waals surface area (Å²) in [4.78, 5) is 30.2. The number of anilines is 1. The number of benzene rings is 3. The van der Waals surface area contributed by atoms with Crippen molar-refractivity contribution in [1.82, 2.24) is 9.66 Å². The van der Waals surface area contributed by atoms with Crippen LogP contribution in [-0.2, 0) is 4.79 Å². The van der Waals surface area contributed by atoms with E-state index in [-0.39, 0.29) is 24.0 Å². The molecule has 10 heteroatoms. The van der Waals surface area contributed by atoms with Gasteiger partial charge in [0.05, 0.1) is 23.7 Å². The van der Waals surface area contributed by atoms with Crippen LogP contribution >= 0.6 is 27.5 Å². The van der Waals surface area contributed by atoms with Gasteiger partial charge >= 0.3 is 0 Å². The molecule has 0 bridgehead atoms. The van der Waals surface area contributed by atoms with Gasteiger partial charge in [0, 0.05) is 21.1 Å². The van der Waals surface area contributed by atoms with Crippen LogP contribution in [0.1, 0.15) is 38.1 Å². The molecule has 0 spiro atoms. The minimum absolute atomic E-state index is 0.0262. The summed E-state index contributed by atoms with van der Waals surface area (Å²) in [7, 11) is 0. The number of aromatic nitrogens is 2. The molecule has 1 N–H and O–H groups in total. The Morgan fingerprint density at radius 2 is 1.87 bits per heavy atom. The Morgan fingerprint density at radius 3 is 2.58 bits per heavy atom. The Labute approximate surface area is 233 Å². The molecule has 0 aliphatic carbocycles. The molecule has 4 rings (SSSR count). The fourth-order valence-electron chi connectivity index (χ4n) is 3.64. The second-order valence-corrected chi connectivity index (χ2v) is 9.98. The van der Waals surface area contributed by atoms with Crippen molar-refractivity contribution in [2.24, 2.45) is 5.10 Å². The van der Waals surface area contributed by atoms with Crippen LogP contribution in [0.5, 0.6) is 11.5 Å². The van der Waals surface area contributed by atoms with E-state index in [1.807, 2.05) is 32.9 Å². The number of fused-ring (bicyclic) bond motifs is 1. The highest BCUT2D eigenvalue weighted by molar-refractivity contribution is 9.10. The molecule has 38 heavy (non-hydrogen) atoms. The van der Waals surface area contributed by atoms with Crippen LogP contribution in [0, 0.1) is 0 Å².